The number of carbonyl (C=O) groups excluding carboxylic acids is 1. The average molecular weight is 361 g/mol. The predicted molar refractivity (Wildman–Crippen MR) is 84.7 cm³/mol. The molecule has 0 atom stereocenters. The quantitative estimate of drug-likeness (QED) is 0.762. The molecule has 0 heterocycles. The minimum Gasteiger partial charge on any atom is -0.444 e. The molecule has 118 valence electrons. The van der Waals surface area contributed by atoms with Crippen LogP contribution in [0.3, 0.4) is 0 Å². The van der Waals surface area contributed by atoms with Gasteiger partial charge in [0.1, 0.15) is 11.4 Å². The van der Waals surface area contributed by atoms with Crippen LogP contribution in [0.5, 0.6) is 0 Å². The van der Waals surface area contributed by atoms with E-state index in [1.54, 1.807) is 6.07 Å². The van der Waals surface area contributed by atoms with Crippen LogP contribution in [-0.2, 0) is 11.3 Å². The summed E-state index contributed by atoms with van der Waals surface area (Å²) in [6, 6.07) is 4.62. The molecule has 21 heavy (non-hydrogen) atoms. The van der Waals surface area contributed by atoms with Crippen molar-refractivity contribution in [1.29, 1.82) is 0 Å². The van der Waals surface area contributed by atoms with Crippen LogP contribution < -0.4 is 10.6 Å². The van der Waals surface area contributed by atoms with Crippen molar-refractivity contribution in [2.75, 3.05) is 13.1 Å². The van der Waals surface area contributed by atoms with Crippen molar-refractivity contribution >= 4 is 22.0 Å². The Hall–Kier alpha value is -1.14. The molecule has 1 aromatic carbocycles. The number of hydrogen-bond donors (Lipinski definition) is 2. The second kappa shape index (κ2) is 8.34. The molecule has 0 aliphatic rings. The number of hydrogen-bond acceptors (Lipinski definition) is 3. The Morgan fingerprint density at radius 3 is 2.67 bits per heavy atom. The monoisotopic (exact) mass is 360 g/mol. The van der Waals surface area contributed by atoms with Crippen molar-refractivity contribution in [3.8, 4) is 0 Å². The maximum absolute atomic E-state index is 12.9. The first-order valence-corrected chi connectivity index (χ1v) is 7.69. The number of benzene rings is 1. The molecule has 1 rings (SSSR count). The summed E-state index contributed by atoms with van der Waals surface area (Å²) in [7, 11) is 0. The number of amides is 1. The minimum absolute atomic E-state index is 0.257. The van der Waals surface area contributed by atoms with Gasteiger partial charge in [-0.05, 0) is 51.4 Å². The van der Waals surface area contributed by atoms with Crippen LogP contribution in [0.15, 0.2) is 22.7 Å². The third kappa shape index (κ3) is 8.02. The molecule has 0 fully saturated rings. The highest BCUT2D eigenvalue weighted by Gasteiger charge is 2.15. The van der Waals surface area contributed by atoms with E-state index in [0.717, 1.165) is 23.0 Å². The van der Waals surface area contributed by atoms with E-state index in [-0.39, 0.29) is 5.82 Å². The lowest BCUT2D eigenvalue weighted by atomic mass is 10.2. The molecule has 2 N–H and O–H groups in total. The van der Waals surface area contributed by atoms with Crippen LogP contribution in [-0.4, -0.2) is 24.8 Å². The normalized spacial score (nSPS) is 11.3. The summed E-state index contributed by atoms with van der Waals surface area (Å²) in [5.41, 5.74) is 0.522. The Labute approximate surface area is 133 Å². The van der Waals surface area contributed by atoms with Gasteiger partial charge in [-0.15, -0.1) is 0 Å². The maximum Gasteiger partial charge on any atom is 0.407 e. The molecule has 1 aromatic rings. The van der Waals surface area contributed by atoms with E-state index in [1.807, 2.05) is 20.8 Å². The van der Waals surface area contributed by atoms with E-state index in [4.69, 9.17) is 4.74 Å². The average Bonchev–Trinajstić information content (AvgIpc) is 2.33. The van der Waals surface area contributed by atoms with E-state index in [0.29, 0.717) is 13.1 Å². The molecular formula is C15H22BrFN2O2. The first-order valence-electron chi connectivity index (χ1n) is 6.89. The Balaban J connectivity index is 2.13. The molecule has 0 aliphatic carbocycles. The van der Waals surface area contributed by atoms with Crippen molar-refractivity contribution < 1.29 is 13.9 Å². The van der Waals surface area contributed by atoms with Crippen molar-refractivity contribution in [3.05, 3.63) is 34.1 Å². The highest BCUT2D eigenvalue weighted by atomic mass is 79.9. The topological polar surface area (TPSA) is 50.4 Å². The Morgan fingerprint density at radius 1 is 1.33 bits per heavy atom. The smallest absolute Gasteiger partial charge is 0.407 e. The van der Waals surface area contributed by atoms with E-state index in [1.165, 1.54) is 12.1 Å². The van der Waals surface area contributed by atoms with Crippen molar-refractivity contribution in [2.24, 2.45) is 0 Å². The molecular weight excluding hydrogens is 339 g/mol. The SMILES string of the molecule is CC(C)(C)OC(=O)NCCCNCc1ccc(F)cc1Br. The van der Waals surface area contributed by atoms with Gasteiger partial charge in [-0.25, -0.2) is 9.18 Å². The summed E-state index contributed by atoms with van der Waals surface area (Å²) in [5.74, 6) is -0.257. The summed E-state index contributed by atoms with van der Waals surface area (Å²) < 4.78 is 18.8. The molecule has 0 radical (unpaired) electrons. The predicted octanol–water partition coefficient (Wildman–Crippen LogP) is 3.59. The molecule has 0 bridgehead atoms. The third-order valence-electron chi connectivity index (χ3n) is 2.53. The highest BCUT2D eigenvalue weighted by Crippen LogP contribution is 2.17. The van der Waals surface area contributed by atoms with Gasteiger partial charge in [0.15, 0.2) is 0 Å². The molecule has 0 aliphatic heterocycles. The standard InChI is InChI=1S/C15H22BrFN2O2/c1-15(2,3)21-14(20)19-8-4-7-18-10-11-5-6-12(17)9-13(11)16/h5-6,9,18H,4,7-8,10H2,1-3H3,(H,19,20). The van der Waals surface area contributed by atoms with Gasteiger partial charge in [0.05, 0.1) is 0 Å². The summed E-state index contributed by atoms with van der Waals surface area (Å²) in [6.45, 7) is 7.43. The van der Waals surface area contributed by atoms with E-state index < -0.39 is 11.7 Å². The Bertz CT molecular complexity index is 475. The Kier molecular flexibility index (Phi) is 7.11. The van der Waals surface area contributed by atoms with Crippen LogP contribution in [0.4, 0.5) is 9.18 Å². The first-order chi connectivity index (χ1) is 9.78. The summed E-state index contributed by atoms with van der Waals surface area (Å²) in [4.78, 5) is 11.4. The fraction of sp³-hybridized carbons (Fsp3) is 0.533. The zero-order valence-electron chi connectivity index (χ0n) is 12.6. The van der Waals surface area contributed by atoms with Crippen molar-refractivity contribution in [1.82, 2.24) is 10.6 Å². The molecule has 0 saturated carbocycles. The number of nitrogens with one attached hydrogen (secondary N) is 2. The number of ether oxygens (including phenoxy) is 1. The molecule has 0 saturated heterocycles. The maximum atomic E-state index is 12.9. The summed E-state index contributed by atoms with van der Waals surface area (Å²) in [5, 5.41) is 5.94. The van der Waals surface area contributed by atoms with Gasteiger partial charge in [-0.3, -0.25) is 0 Å². The molecule has 0 aromatic heterocycles. The lowest BCUT2D eigenvalue weighted by Gasteiger charge is -2.19. The molecule has 6 heteroatoms. The third-order valence-corrected chi connectivity index (χ3v) is 3.27. The molecule has 0 unspecified atom stereocenters. The second-order valence-corrected chi connectivity index (χ2v) is 6.55. The number of alkyl carbamates (subject to hydrolysis) is 1. The van der Waals surface area contributed by atoms with Gasteiger partial charge in [-0.1, -0.05) is 22.0 Å². The van der Waals surface area contributed by atoms with Crippen LogP contribution in [0.1, 0.15) is 32.8 Å². The summed E-state index contributed by atoms with van der Waals surface area (Å²) in [6.07, 6.45) is 0.390. The van der Waals surface area contributed by atoms with Crippen LogP contribution in [0.2, 0.25) is 0 Å². The molecule has 0 spiro atoms. The van der Waals surface area contributed by atoms with Gasteiger partial charge < -0.3 is 15.4 Å². The van der Waals surface area contributed by atoms with E-state index in [2.05, 4.69) is 26.6 Å². The van der Waals surface area contributed by atoms with Crippen LogP contribution in [0, 0.1) is 5.82 Å². The number of carbonyl (C=O) groups is 1. The Morgan fingerprint density at radius 2 is 2.05 bits per heavy atom. The van der Waals surface area contributed by atoms with Crippen LogP contribution in [0.25, 0.3) is 0 Å². The van der Waals surface area contributed by atoms with Crippen LogP contribution >= 0.6 is 15.9 Å². The van der Waals surface area contributed by atoms with E-state index >= 15 is 0 Å². The summed E-state index contributed by atoms with van der Waals surface area (Å²) >= 11 is 3.32. The first kappa shape index (κ1) is 17.9. The largest absolute Gasteiger partial charge is 0.444 e. The lowest BCUT2D eigenvalue weighted by Crippen LogP contribution is -2.33. The van der Waals surface area contributed by atoms with Gasteiger partial charge >= 0.3 is 6.09 Å². The lowest BCUT2D eigenvalue weighted by molar-refractivity contribution is 0.0527. The van der Waals surface area contributed by atoms with E-state index in [9.17, 15) is 9.18 Å². The van der Waals surface area contributed by atoms with Gasteiger partial charge in [0.25, 0.3) is 0 Å². The fourth-order valence-corrected chi connectivity index (χ4v) is 2.10. The number of halogens is 2. The van der Waals surface area contributed by atoms with Gasteiger partial charge in [0, 0.05) is 17.6 Å². The molecule has 1 amide bonds. The van der Waals surface area contributed by atoms with Crippen molar-refractivity contribution in [3.63, 3.8) is 0 Å². The van der Waals surface area contributed by atoms with Gasteiger partial charge in [-0.2, -0.15) is 0 Å². The highest BCUT2D eigenvalue weighted by molar-refractivity contribution is 9.10. The van der Waals surface area contributed by atoms with Gasteiger partial charge in [0.2, 0.25) is 0 Å². The number of rotatable bonds is 6. The molecule has 4 nitrogen and oxygen atoms in total. The zero-order valence-corrected chi connectivity index (χ0v) is 14.2. The minimum atomic E-state index is -0.475. The van der Waals surface area contributed by atoms with Crippen molar-refractivity contribution in [2.45, 2.75) is 39.3 Å². The fourth-order valence-electron chi connectivity index (χ4n) is 1.61. The second-order valence-electron chi connectivity index (χ2n) is 5.69. The zero-order chi connectivity index (χ0) is 15.9.